The van der Waals surface area contributed by atoms with Crippen LogP contribution in [0.5, 0.6) is 0 Å². The molecule has 0 aliphatic carbocycles. The lowest BCUT2D eigenvalue weighted by Crippen LogP contribution is -2.46. The first-order chi connectivity index (χ1) is 14.2. The molecule has 4 rings (SSSR count). The van der Waals surface area contributed by atoms with Gasteiger partial charge in [-0.15, -0.1) is 0 Å². The molecule has 1 N–H and O–H groups in total. The van der Waals surface area contributed by atoms with Gasteiger partial charge >= 0.3 is 0 Å². The zero-order valence-electron chi connectivity index (χ0n) is 16.2. The van der Waals surface area contributed by atoms with Crippen LogP contribution in [-0.4, -0.2) is 23.1 Å². The average Bonchev–Trinajstić information content (AvgIpc) is 2.80. The first-order valence-electron chi connectivity index (χ1n) is 9.89. The third kappa shape index (κ3) is 4.01. The predicted molar refractivity (Wildman–Crippen MR) is 123 cm³/mol. The Kier molecular flexibility index (Phi) is 5.59. The van der Waals surface area contributed by atoms with Crippen LogP contribution in [0.1, 0.15) is 18.4 Å². The quantitative estimate of drug-likeness (QED) is 0.583. The van der Waals surface area contributed by atoms with Crippen LogP contribution in [0.15, 0.2) is 84.9 Å². The van der Waals surface area contributed by atoms with Crippen LogP contribution in [0.25, 0.3) is 11.1 Å². The van der Waals surface area contributed by atoms with Crippen molar-refractivity contribution in [3.8, 4) is 17.2 Å². The molecule has 1 saturated heterocycles. The number of thiocarbonyl (C=S) groups is 1. The lowest BCUT2D eigenvalue weighted by atomic mass is 9.74. The van der Waals surface area contributed by atoms with Crippen molar-refractivity contribution in [1.29, 1.82) is 5.26 Å². The van der Waals surface area contributed by atoms with Crippen LogP contribution < -0.4 is 5.32 Å². The average molecular weight is 398 g/mol. The van der Waals surface area contributed by atoms with Crippen molar-refractivity contribution in [2.75, 3.05) is 18.4 Å². The Morgan fingerprint density at radius 1 is 0.862 bits per heavy atom. The second kappa shape index (κ2) is 8.46. The van der Waals surface area contributed by atoms with Crippen molar-refractivity contribution in [1.82, 2.24) is 4.90 Å². The van der Waals surface area contributed by atoms with Crippen molar-refractivity contribution in [2.24, 2.45) is 0 Å². The van der Waals surface area contributed by atoms with Crippen molar-refractivity contribution in [3.63, 3.8) is 0 Å². The fourth-order valence-electron chi connectivity index (χ4n) is 3.97. The molecule has 0 atom stereocenters. The van der Waals surface area contributed by atoms with E-state index in [4.69, 9.17) is 12.2 Å². The molecule has 0 amide bonds. The summed E-state index contributed by atoms with van der Waals surface area (Å²) in [4.78, 5) is 2.18. The minimum Gasteiger partial charge on any atom is -0.349 e. The van der Waals surface area contributed by atoms with Gasteiger partial charge < -0.3 is 10.2 Å². The Balaban J connectivity index is 1.47. The van der Waals surface area contributed by atoms with E-state index in [-0.39, 0.29) is 0 Å². The highest BCUT2D eigenvalue weighted by Crippen LogP contribution is 2.35. The van der Waals surface area contributed by atoms with Gasteiger partial charge in [0.05, 0.1) is 11.5 Å². The fourth-order valence-corrected chi connectivity index (χ4v) is 4.26. The standard InChI is InChI=1S/C25H23N3S/c26-19-25(21-11-5-2-6-12-21)15-17-28(18-16-25)24(29)27-23-14-8-7-13-22(23)20-9-3-1-4-10-20/h1-14H,15-18H2,(H,27,29). The van der Waals surface area contributed by atoms with Crippen molar-refractivity contribution in [3.05, 3.63) is 90.5 Å². The molecule has 0 aromatic heterocycles. The molecular formula is C25H23N3S. The Morgan fingerprint density at radius 3 is 2.10 bits per heavy atom. The minimum absolute atomic E-state index is 0.421. The Morgan fingerprint density at radius 2 is 1.45 bits per heavy atom. The fraction of sp³-hybridized carbons (Fsp3) is 0.200. The van der Waals surface area contributed by atoms with E-state index in [1.165, 1.54) is 0 Å². The number of hydrogen-bond donors (Lipinski definition) is 1. The molecule has 3 nitrogen and oxygen atoms in total. The highest BCUT2D eigenvalue weighted by Gasteiger charge is 2.37. The summed E-state index contributed by atoms with van der Waals surface area (Å²) in [5.74, 6) is 0. The topological polar surface area (TPSA) is 39.1 Å². The highest BCUT2D eigenvalue weighted by atomic mass is 32.1. The van der Waals surface area contributed by atoms with Crippen LogP contribution in [0.4, 0.5) is 5.69 Å². The summed E-state index contributed by atoms with van der Waals surface area (Å²) in [6.07, 6.45) is 1.55. The summed E-state index contributed by atoms with van der Waals surface area (Å²) >= 11 is 5.73. The first kappa shape index (κ1) is 19.2. The predicted octanol–water partition coefficient (Wildman–Crippen LogP) is 5.61. The Hall–Kier alpha value is -3.16. The summed E-state index contributed by atoms with van der Waals surface area (Å²) in [6, 6.07) is 31.2. The molecule has 3 aromatic carbocycles. The van der Waals surface area contributed by atoms with Gasteiger partial charge in [-0.25, -0.2) is 0 Å². The summed E-state index contributed by atoms with van der Waals surface area (Å²) in [5.41, 5.74) is 3.97. The van der Waals surface area contributed by atoms with E-state index in [1.807, 2.05) is 48.5 Å². The molecule has 1 fully saturated rings. The molecule has 0 saturated carbocycles. The van der Waals surface area contributed by atoms with Crippen LogP contribution in [0.2, 0.25) is 0 Å². The van der Waals surface area contributed by atoms with Gasteiger partial charge in [0.25, 0.3) is 0 Å². The summed E-state index contributed by atoms with van der Waals surface area (Å²) < 4.78 is 0. The van der Waals surface area contributed by atoms with Gasteiger partial charge in [0.2, 0.25) is 0 Å². The van der Waals surface area contributed by atoms with Crippen LogP contribution in [-0.2, 0) is 5.41 Å². The zero-order chi connectivity index (χ0) is 20.1. The SMILES string of the molecule is N#CC1(c2ccccc2)CCN(C(=S)Nc2ccccc2-c2ccccc2)CC1. The van der Waals surface area contributed by atoms with E-state index in [1.54, 1.807) is 0 Å². The molecule has 29 heavy (non-hydrogen) atoms. The molecular weight excluding hydrogens is 374 g/mol. The third-order valence-corrected chi connectivity index (χ3v) is 6.06. The number of hydrogen-bond acceptors (Lipinski definition) is 2. The largest absolute Gasteiger partial charge is 0.349 e. The van der Waals surface area contributed by atoms with Gasteiger partial charge in [0.1, 0.15) is 0 Å². The zero-order valence-corrected chi connectivity index (χ0v) is 17.0. The maximum absolute atomic E-state index is 9.90. The normalized spacial score (nSPS) is 15.3. The van der Waals surface area contributed by atoms with Gasteiger partial charge in [-0.3, -0.25) is 0 Å². The van der Waals surface area contributed by atoms with E-state index < -0.39 is 5.41 Å². The minimum atomic E-state index is -0.421. The second-order valence-electron chi connectivity index (χ2n) is 7.39. The van der Waals surface area contributed by atoms with Gasteiger partial charge in [-0.05, 0) is 42.3 Å². The van der Waals surface area contributed by atoms with Gasteiger partial charge in [0.15, 0.2) is 5.11 Å². The van der Waals surface area contributed by atoms with E-state index >= 15 is 0 Å². The molecule has 1 aliphatic heterocycles. The molecule has 0 bridgehead atoms. The smallest absolute Gasteiger partial charge is 0.173 e. The number of benzene rings is 3. The van der Waals surface area contributed by atoms with E-state index in [0.29, 0.717) is 5.11 Å². The number of piperidine rings is 1. The third-order valence-electron chi connectivity index (χ3n) is 5.70. The monoisotopic (exact) mass is 397 g/mol. The van der Waals surface area contributed by atoms with Crippen molar-refractivity contribution < 1.29 is 0 Å². The Bertz CT molecular complexity index is 1020. The van der Waals surface area contributed by atoms with Crippen LogP contribution >= 0.6 is 12.2 Å². The summed E-state index contributed by atoms with van der Waals surface area (Å²) in [6.45, 7) is 1.53. The van der Waals surface area contributed by atoms with Crippen LogP contribution in [0.3, 0.4) is 0 Å². The number of rotatable bonds is 3. The molecule has 3 aromatic rings. The van der Waals surface area contributed by atoms with E-state index in [0.717, 1.165) is 48.3 Å². The van der Waals surface area contributed by atoms with E-state index in [9.17, 15) is 5.26 Å². The van der Waals surface area contributed by atoms with Gasteiger partial charge in [0, 0.05) is 24.3 Å². The number of nitriles is 1. The maximum atomic E-state index is 9.90. The molecule has 4 heteroatoms. The molecule has 0 spiro atoms. The number of para-hydroxylation sites is 1. The highest BCUT2D eigenvalue weighted by molar-refractivity contribution is 7.80. The molecule has 0 radical (unpaired) electrons. The number of likely N-dealkylation sites (tertiary alicyclic amines) is 1. The lowest BCUT2D eigenvalue weighted by Gasteiger charge is -2.39. The first-order valence-corrected chi connectivity index (χ1v) is 10.3. The van der Waals surface area contributed by atoms with Crippen molar-refractivity contribution >= 4 is 23.0 Å². The van der Waals surface area contributed by atoms with Gasteiger partial charge in [-0.1, -0.05) is 78.9 Å². The Labute approximate surface area is 177 Å². The summed E-state index contributed by atoms with van der Waals surface area (Å²) in [5, 5.41) is 14.1. The maximum Gasteiger partial charge on any atom is 0.173 e. The van der Waals surface area contributed by atoms with Gasteiger partial charge in [-0.2, -0.15) is 5.26 Å². The number of nitrogens with zero attached hydrogens (tertiary/aromatic N) is 2. The molecule has 1 aliphatic rings. The number of nitrogens with one attached hydrogen (secondary N) is 1. The van der Waals surface area contributed by atoms with E-state index in [2.05, 4.69) is 52.7 Å². The van der Waals surface area contributed by atoms with Crippen molar-refractivity contribution in [2.45, 2.75) is 18.3 Å². The second-order valence-corrected chi connectivity index (χ2v) is 7.78. The van der Waals surface area contributed by atoms with Crippen LogP contribution in [0, 0.1) is 11.3 Å². The molecule has 1 heterocycles. The number of anilines is 1. The molecule has 144 valence electrons. The summed E-state index contributed by atoms with van der Waals surface area (Å²) in [7, 11) is 0. The lowest BCUT2D eigenvalue weighted by molar-refractivity contribution is 0.272. The molecule has 0 unspecified atom stereocenters.